The molecule has 1 heterocycles. The van der Waals surface area contributed by atoms with Gasteiger partial charge in [-0.1, -0.05) is 41.4 Å². The summed E-state index contributed by atoms with van der Waals surface area (Å²) < 4.78 is 24.5. The van der Waals surface area contributed by atoms with Crippen molar-refractivity contribution in [1.29, 1.82) is 0 Å². The largest absolute Gasteiger partial charge is 0.349 e. The van der Waals surface area contributed by atoms with Crippen molar-refractivity contribution in [3.63, 3.8) is 0 Å². The molecule has 114 valence electrons. The molecule has 22 heavy (non-hydrogen) atoms. The van der Waals surface area contributed by atoms with Gasteiger partial charge in [-0.25, -0.2) is 8.42 Å². The van der Waals surface area contributed by atoms with Crippen molar-refractivity contribution in [2.24, 2.45) is 0 Å². The van der Waals surface area contributed by atoms with E-state index in [4.69, 9.17) is 23.2 Å². The highest BCUT2D eigenvalue weighted by atomic mass is 35.5. The number of anilines is 1. The second-order valence-electron chi connectivity index (χ2n) is 4.69. The zero-order valence-corrected chi connectivity index (χ0v) is 14.4. The molecule has 0 saturated carbocycles. The van der Waals surface area contributed by atoms with Crippen LogP contribution in [0, 0.1) is 0 Å². The second-order valence-corrected chi connectivity index (χ2v) is 8.28. The van der Waals surface area contributed by atoms with Gasteiger partial charge in [0.25, 0.3) is 0 Å². The quantitative estimate of drug-likeness (QED) is 0.830. The van der Waals surface area contributed by atoms with Gasteiger partial charge in [-0.05, 0) is 29.8 Å². The maximum Gasteiger partial charge on any atom is 0.204 e. The summed E-state index contributed by atoms with van der Waals surface area (Å²) in [7, 11) is -3.40. The van der Waals surface area contributed by atoms with E-state index < -0.39 is 9.84 Å². The van der Waals surface area contributed by atoms with Gasteiger partial charge in [0.2, 0.25) is 9.84 Å². The van der Waals surface area contributed by atoms with Crippen molar-refractivity contribution in [3.05, 3.63) is 68.5 Å². The fourth-order valence-electron chi connectivity index (χ4n) is 2.05. The van der Waals surface area contributed by atoms with Gasteiger partial charge in [-0.15, -0.1) is 11.8 Å². The molecule has 0 saturated heterocycles. The maximum absolute atomic E-state index is 12.2. The Kier molecular flexibility index (Phi) is 4.41. The van der Waals surface area contributed by atoms with Crippen LogP contribution in [0.4, 0.5) is 5.69 Å². The summed E-state index contributed by atoms with van der Waals surface area (Å²) in [4.78, 5) is 0.300. The molecule has 3 rings (SSSR count). The van der Waals surface area contributed by atoms with Gasteiger partial charge in [0.05, 0.1) is 31.1 Å². The third-order valence-corrected chi connectivity index (χ3v) is 6.50. The number of rotatable bonds is 3. The van der Waals surface area contributed by atoms with Crippen LogP contribution in [-0.4, -0.2) is 8.42 Å². The number of halogens is 2. The van der Waals surface area contributed by atoms with Gasteiger partial charge in [-0.3, -0.25) is 0 Å². The molecule has 0 fully saturated rings. The molecule has 1 aliphatic heterocycles. The lowest BCUT2D eigenvalue weighted by Crippen LogP contribution is -2.11. The first-order valence-corrected chi connectivity index (χ1v) is 9.64. The maximum atomic E-state index is 12.2. The Morgan fingerprint density at radius 3 is 2.59 bits per heavy atom. The van der Waals surface area contributed by atoms with Crippen LogP contribution < -0.4 is 5.32 Å². The summed E-state index contributed by atoms with van der Waals surface area (Å²) in [6.07, 6.45) is 0. The van der Waals surface area contributed by atoms with Gasteiger partial charge in [0.15, 0.2) is 0 Å². The number of hydrogen-bond acceptors (Lipinski definition) is 4. The Morgan fingerprint density at radius 2 is 1.82 bits per heavy atom. The summed E-state index contributed by atoms with van der Waals surface area (Å²) in [5.74, 6) is 0.591. The van der Waals surface area contributed by atoms with Crippen molar-refractivity contribution in [3.8, 4) is 0 Å². The molecule has 1 aliphatic rings. The van der Waals surface area contributed by atoms with E-state index in [-0.39, 0.29) is 0 Å². The van der Waals surface area contributed by atoms with Crippen LogP contribution in [0.25, 0.3) is 0 Å². The molecule has 2 aromatic rings. The van der Waals surface area contributed by atoms with Crippen LogP contribution >= 0.6 is 35.0 Å². The van der Waals surface area contributed by atoms with E-state index in [1.165, 1.54) is 17.2 Å². The van der Waals surface area contributed by atoms with Crippen molar-refractivity contribution >= 4 is 50.5 Å². The predicted molar refractivity (Wildman–Crippen MR) is 93.1 cm³/mol. The predicted octanol–water partition coefficient (Wildman–Crippen LogP) is 4.92. The van der Waals surface area contributed by atoms with Crippen LogP contribution in [0.15, 0.2) is 57.8 Å². The third-order valence-electron chi connectivity index (χ3n) is 3.09. The first kappa shape index (κ1) is 15.7. The topological polar surface area (TPSA) is 46.2 Å². The Labute approximate surface area is 143 Å². The minimum Gasteiger partial charge on any atom is -0.349 e. The molecule has 3 nitrogen and oxygen atoms in total. The first-order chi connectivity index (χ1) is 10.5. The summed E-state index contributed by atoms with van der Waals surface area (Å²) in [6.45, 7) is 0. The molecule has 2 aromatic carbocycles. The fourth-order valence-corrected chi connectivity index (χ4v) is 4.86. The summed E-state index contributed by atoms with van der Waals surface area (Å²) >= 11 is 13.3. The Balaban J connectivity index is 1.80. The number of hydrogen-bond donors (Lipinski definition) is 1. The number of para-hydroxylation sites is 1. The van der Waals surface area contributed by atoms with Crippen molar-refractivity contribution in [2.45, 2.75) is 10.6 Å². The second kappa shape index (κ2) is 6.16. The monoisotopic (exact) mass is 371 g/mol. The van der Waals surface area contributed by atoms with Crippen LogP contribution in [0.1, 0.15) is 5.56 Å². The SMILES string of the molecule is O=S1(=O)C=C(SCc2ccc(Cl)c(Cl)c2)Nc2ccccc21. The molecule has 0 aliphatic carbocycles. The van der Waals surface area contributed by atoms with Crippen LogP contribution in [0.3, 0.4) is 0 Å². The molecular formula is C15H11Cl2NO2S2. The van der Waals surface area contributed by atoms with Gasteiger partial charge >= 0.3 is 0 Å². The highest BCUT2D eigenvalue weighted by molar-refractivity contribution is 8.03. The molecule has 0 aromatic heterocycles. The number of fused-ring (bicyclic) bond motifs is 1. The molecule has 0 spiro atoms. The summed E-state index contributed by atoms with van der Waals surface area (Å²) in [5, 5.41) is 5.97. The lowest BCUT2D eigenvalue weighted by Gasteiger charge is -2.18. The standard InChI is InChI=1S/C15H11Cl2NO2S2/c16-11-6-5-10(7-12(11)17)8-21-15-9-22(19,20)14-4-2-1-3-13(14)18-15/h1-7,9,18H,8H2. The van der Waals surface area contributed by atoms with Gasteiger partial charge in [0.1, 0.15) is 0 Å². The van der Waals surface area contributed by atoms with Crippen molar-refractivity contribution < 1.29 is 8.42 Å². The van der Waals surface area contributed by atoms with E-state index in [1.54, 1.807) is 36.4 Å². The minimum atomic E-state index is -3.40. The Morgan fingerprint density at radius 1 is 1.05 bits per heavy atom. The zero-order valence-electron chi connectivity index (χ0n) is 11.2. The summed E-state index contributed by atoms with van der Waals surface area (Å²) in [5.41, 5.74) is 1.57. The van der Waals surface area contributed by atoms with E-state index in [0.717, 1.165) is 5.56 Å². The van der Waals surface area contributed by atoms with Crippen molar-refractivity contribution in [2.75, 3.05) is 5.32 Å². The molecule has 0 radical (unpaired) electrons. The highest BCUT2D eigenvalue weighted by Gasteiger charge is 2.22. The number of thioether (sulfide) groups is 1. The van der Waals surface area contributed by atoms with E-state index in [2.05, 4.69) is 5.32 Å². The number of nitrogens with one attached hydrogen (secondary N) is 1. The number of sulfone groups is 1. The first-order valence-electron chi connectivity index (χ1n) is 6.35. The van der Waals surface area contributed by atoms with Crippen molar-refractivity contribution in [1.82, 2.24) is 0 Å². The van der Waals surface area contributed by atoms with E-state index >= 15 is 0 Å². The molecule has 1 N–H and O–H groups in total. The average molecular weight is 372 g/mol. The van der Waals surface area contributed by atoms with Gasteiger partial charge in [-0.2, -0.15) is 0 Å². The Hall–Kier alpha value is -1.14. The fraction of sp³-hybridized carbons (Fsp3) is 0.0667. The van der Waals surface area contributed by atoms with Crippen LogP contribution in [0.5, 0.6) is 0 Å². The Bertz CT molecular complexity index is 864. The third kappa shape index (κ3) is 3.27. The zero-order chi connectivity index (χ0) is 15.7. The lowest BCUT2D eigenvalue weighted by molar-refractivity contribution is 0.604. The molecular weight excluding hydrogens is 361 g/mol. The molecule has 0 atom stereocenters. The smallest absolute Gasteiger partial charge is 0.204 e. The highest BCUT2D eigenvalue weighted by Crippen LogP contribution is 2.34. The lowest BCUT2D eigenvalue weighted by atomic mass is 10.2. The number of benzene rings is 2. The molecule has 7 heteroatoms. The van der Waals surface area contributed by atoms with Crippen LogP contribution in [-0.2, 0) is 15.6 Å². The van der Waals surface area contributed by atoms with Gasteiger partial charge in [0, 0.05) is 5.75 Å². The van der Waals surface area contributed by atoms with E-state index in [9.17, 15) is 8.42 Å². The van der Waals surface area contributed by atoms with E-state index in [0.29, 0.717) is 31.4 Å². The van der Waals surface area contributed by atoms with Crippen LogP contribution in [0.2, 0.25) is 10.0 Å². The average Bonchev–Trinajstić information content (AvgIpc) is 2.48. The molecule has 0 amide bonds. The minimum absolute atomic E-state index is 0.300. The van der Waals surface area contributed by atoms with Gasteiger partial charge < -0.3 is 5.32 Å². The molecule has 0 unspecified atom stereocenters. The normalized spacial score (nSPS) is 15.6. The van der Waals surface area contributed by atoms with E-state index in [1.807, 2.05) is 6.07 Å². The summed E-state index contributed by atoms with van der Waals surface area (Å²) in [6, 6.07) is 12.2. The molecule has 0 bridgehead atoms.